The molecule has 0 bridgehead atoms. The van der Waals surface area contributed by atoms with Crippen molar-refractivity contribution in [3.63, 3.8) is 0 Å². The van der Waals surface area contributed by atoms with Crippen molar-refractivity contribution in [3.05, 3.63) is 30.3 Å². The summed E-state index contributed by atoms with van der Waals surface area (Å²) >= 11 is 0. The molecule has 0 spiro atoms. The van der Waals surface area contributed by atoms with E-state index in [9.17, 15) is 4.79 Å². The van der Waals surface area contributed by atoms with E-state index in [0.29, 0.717) is 0 Å². The zero-order valence-electron chi connectivity index (χ0n) is 13.6. The van der Waals surface area contributed by atoms with Crippen LogP contribution in [0.3, 0.4) is 0 Å². The zero-order valence-corrected chi connectivity index (χ0v) is 13.6. The van der Waals surface area contributed by atoms with Gasteiger partial charge < -0.3 is 4.81 Å². The molecule has 1 aromatic carbocycles. The number of hydrogen-bond acceptors (Lipinski definition) is 2. The molecule has 114 valence electrons. The van der Waals surface area contributed by atoms with Crippen molar-refractivity contribution in [2.45, 2.75) is 51.8 Å². The molecule has 0 aliphatic carbocycles. The van der Waals surface area contributed by atoms with Crippen LogP contribution in [-0.4, -0.2) is 37.3 Å². The number of benzene rings is 1. The lowest BCUT2D eigenvalue weighted by atomic mass is 9.54. The Balaban J connectivity index is 2.28. The van der Waals surface area contributed by atoms with Crippen LogP contribution in [0.25, 0.3) is 0 Å². The maximum Gasteiger partial charge on any atom is 0.263 e. The maximum atomic E-state index is 13.2. The van der Waals surface area contributed by atoms with Gasteiger partial charge in [0.25, 0.3) is 6.85 Å². The van der Waals surface area contributed by atoms with E-state index in [-0.39, 0.29) is 18.8 Å². The van der Waals surface area contributed by atoms with Crippen LogP contribution in [0.5, 0.6) is 0 Å². The first-order valence-corrected chi connectivity index (χ1v) is 8.27. The van der Waals surface area contributed by atoms with Gasteiger partial charge in [-0.3, -0.25) is 9.69 Å². The van der Waals surface area contributed by atoms with Crippen LogP contribution in [0, 0.1) is 0 Å². The largest absolute Gasteiger partial charge is 0.357 e. The Labute approximate surface area is 129 Å². The maximum absolute atomic E-state index is 13.2. The predicted molar refractivity (Wildman–Crippen MR) is 90.9 cm³/mol. The van der Waals surface area contributed by atoms with Gasteiger partial charge in [0.05, 0.1) is 6.04 Å². The van der Waals surface area contributed by atoms with Crippen LogP contribution in [0.4, 0.5) is 5.69 Å². The van der Waals surface area contributed by atoms with Crippen LogP contribution in [0.1, 0.15) is 33.1 Å². The second-order valence-corrected chi connectivity index (χ2v) is 6.01. The molecule has 1 unspecified atom stereocenters. The average molecular weight is 286 g/mol. The first-order valence-electron chi connectivity index (χ1n) is 8.27. The van der Waals surface area contributed by atoms with Crippen LogP contribution in [0.2, 0.25) is 12.6 Å². The molecule has 1 aliphatic heterocycles. The number of carbonyl (C=O) groups is 1. The average Bonchev–Trinajstić information content (AvgIpc) is 2.53. The highest BCUT2D eigenvalue weighted by Gasteiger charge is 2.34. The second kappa shape index (κ2) is 7.65. The summed E-state index contributed by atoms with van der Waals surface area (Å²) in [6.07, 6.45) is 5.34. The molecule has 4 heteroatoms. The van der Waals surface area contributed by atoms with E-state index in [0.717, 1.165) is 37.7 Å². The SMILES string of the molecule is CCB(CC)N(C(=O)C1CCCCN1C)c1ccccc1. The molecule has 2 rings (SSSR count). The van der Waals surface area contributed by atoms with Crippen molar-refractivity contribution < 1.29 is 4.79 Å². The number of likely N-dealkylation sites (N-methyl/N-ethyl adjacent to an activating group) is 1. The number of likely N-dealkylation sites (tertiary alicyclic amines) is 1. The highest BCUT2D eigenvalue weighted by Crippen LogP contribution is 2.24. The molecule has 1 aromatic rings. The van der Waals surface area contributed by atoms with Crippen LogP contribution in [-0.2, 0) is 4.79 Å². The number of anilines is 1. The van der Waals surface area contributed by atoms with Gasteiger partial charge in [-0.25, -0.2) is 0 Å². The number of nitrogens with zero attached hydrogens (tertiary/aromatic N) is 2. The van der Waals surface area contributed by atoms with Crippen molar-refractivity contribution in [1.82, 2.24) is 4.90 Å². The number of amides is 1. The predicted octanol–water partition coefficient (Wildman–Crippen LogP) is 3.54. The van der Waals surface area contributed by atoms with Gasteiger partial charge >= 0.3 is 0 Å². The molecule has 0 aromatic heterocycles. The highest BCUT2D eigenvalue weighted by atomic mass is 16.2. The molecule has 1 atom stereocenters. The number of hydrogen-bond donors (Lipinski definition) is 0. The molecular formula is C17H27BN2O. The van der Waals surface area contributed by atoms with Gasteiger partial charge in [0, 0.05) is 5.69 Å². The molecule has 3 nitrogen and oxygen atoms in total. The van der Waals surface area contributed by atoms with Crippen molar-refractivity contribution in [2.75, 3.05) is 18.4 Å². The minimum atomic E-state index is 0.0413. The van der Waals surface area contributed by atoms with E-state index >= 15 is 0 Å². The van der Waals surface area contributed by atoms with Crippen molar-refractivity contribution in [3.8, 4) is 0 Å². The number of piperidine rings is 1. The minimum absolute atomic E-state index is 0.0413. The van der Waals surface area contributed by atoms with Gasteiger partial charge in [-0.1, -0.05) is 51.1 Å². The molecule has 21 heavy (non-hydrogen) atoms. The van der Waals surface area contributed by atoms with Crippen molar-refractivity contribution >= 4 is 18.4 Å². The van der Waals surface area contributed by atoms with Gasteiger partial charge in [0.15, 0.2) is 0 Å². The molecule has 1 heterocycles. The van der Waals surface area contributed by atoms with Crippen LogP contribution < -0.4 is 4.81 Å². The Hall–Kier alpha value is -1.29. The number of carbonyl (C=O) groups excluding carboxylic acids is 1. The van der Waals surface area contributed by atoms with Crippen molar-refractivity contribution in [1.29, 1.82) is 0 Å². The molecule has 1 saturated heterocycles. The number of rotatable bonds is 5. The van der Waals surface area contributed by atoms with Gasteiger partial charge in [0.2, 0.25) is 5.91 Å². The molecule has 1 amide bonds. The summed E-state index contributed by atoms with van der Waals surface area (Å²) in [4.78, 5) is 17.4. The third-order valence-electron chi connectivity index (χ3n) is 4.63. The Kier molecular flexibility index (Phi) is 5.86. The van der Waals surface area contributed by atoms with Gasteiger partial charge in [-0.2, -0.15) is 0 Å². The minimum Gasteiger partial charge on any atom is -0.357 e. The fourth-order valence-corrected chi connectivity index (χ4v) is 3.31. The summed E-state index contributed by atoms with van der Waals surface area (Å²) in [6, 6.07) is 10.2. The van der Waals surface area contributed by atoms with Gasteiger partial charge in [-0.05, 0) is 38.6 Å². The summed E-state index contributed by atoms with van der Waals surface area (Å²) in [5.41, 5.74) is 1.04. The topological polar surface area (TPSA) is 23.6 Å². The molecular weight excluding hydrogens is 259 g/mol. The monoisotopic (exact) mass is 286 g/mol. The fourth-order valence-electron chi connectivity index (χ4n) is 3.31. The molecule has 0 N–H and O–H groups in total. The van der Waals surface area contributed by atoms with E-state index in [2.05, 4.69) is 37.9 Å². The van der Waals surface area contributed by atoms with E-state index in [1.54, 1.807) is 0 Å². The first kappa shape index (κ1) is 16.1. The highest BCUT2D eigenvalue weighted by molar-refractivity contribution is 6.67. The zero-order chi connectivity index (χ0) is 15.2. The molecule has 1 fully saturated rings. The third-order valence-corrected chi connectivity index (χ3v) is 4.63. The van der Waals surface area contributed by atoms with Gasteiger partial charge in [-0.15, -0.1) is 0 Å². The summed E-state index contributed by atoms with van der Waals surface area (Å²) in [7, 11) is 2.08. The molecule has 1 aliphatic rings. The second-order valence-electron chi connectivity index (χ2n) is 6.01. The quantitative estimate of drug-likeness (QED) is 0.773. The Morgan fingerprint density at radius 3 is 2.48 bits per heavy atom. The molecule has 0 saturated carbocycles. The summed E-state index contributed by atoms with van der Waals surface area (Å²) in [5.74, 6) is 0.275. The van der Waals surface area contributed by atoms with Crippen molar-refractivity contribution in [2.24, 2.45) is 0 Å². The van der Waals surface area contributed by atoms with Crippen LogP contribution in [0.15, 0.2) is 30.3 Å². The van der Waals surface area contributed by atoms with Crippen LogP contribution >= 0.6 is 0 Å². The van der Waals surface area contributed by atoms with E-state index < -0.39 is 0 Å². The summed E-state index contributed by atoms with van der Waals surface area (Å²) in [5, 5.41) is 0. The lowest BCUT2D eigenvalue weighted by molar-refractivity contribution is -0.123. The molecule has 0 radical (unpaired) electrons. The summed E-state index contributed by atoms with van der Waals surface area (Å²) < 4.78 is 0. The smallest absolute Gasteiger partial charge is 0.263 e. The van der Waals surface area contributed by atoms with E-state index in [4.69, 9.17) is 0 Å². The summed E-state index contributed by atoms with van der Waals surface area (Å²) in [6.45, 7) is 5.65. The lowest BCUT2D eigenvalue weighted by Crippen LogP contribution is -2.54. The normalized spacial score (nSPS) is 19.3. The van der Waals surface area contributed by atoms with E-state index in [1.807, 2.05) is 23.0 Å². The standard InChI is InChI=1S/C17H27BN2O/c1-4-18(5-2)20(15-11-7-6-8-12-15)17(21)16-13-9-10-14-19(16)3/h6-8,11-12,16H,4-5,9-10,13-14H2,1-3H3. The number of para-hydroxylation sites is 1. The first-order chi connectivity index (χ1) is 10.2. The Bertz CT molecular complexity index is 447. The Morgan fingerprint density at radius 2 is 1.90 bits per heavy atom. The van der Waals surface area contributed by atoms with E-state index in [1.165, 1.54) is 6.42 Å². The van der Waals surface area contributed by atoms with Gasteiger partial charge in [0.1, 0.15) is 0 Å². The Morgan fingerprint density at radius 1 is 1.24 bits per heavy atom. The lowest BCUT2D eigenvalue weighted by Gasteiger charge is -2.38. The third kappa shape index (κ3) is 3.68. The fraction of sp³-hybridized carbons (Fsp3) is 0.588.